The Morgan fingerprint density at radius 2 is 1.57 bits per heavy atom. The number of benzene rings is 2. The highest BCUT2D eigenvalue weighted by Crippen LogP contribution is 2.23. The van der Waals surface area contributed by atoms with Crippen molar-refractivity contribution in [3.63, 3.8) is 0 Å². The number of nitrogens with zero attached hydrogens (tertiary/aromatic N) is 2. The predicted octanol–water partition coefficient (Wildman–Crippen LogP) is 1.38. The van der Waals surface area contributed by atoms with Crippen molar-refractivity contribution in [3.05, 3.63) is 59.9 Å². The minimum atomic E-state index is -0.997. The number of carbonyl (C=O) groups excluding carboxylic acids is 3. The Morgan fingerprint density at radius 1 is 0.967 bits per heavy atom. The molecule has 3 aromatic rings. The van der Waals surface area contributed by atoms with Gasteiger partial charge in [-0.3, -0.25) is 24.8 Å². The molecule has 9 heteroatoms. The molecule has 3 rings (SSSR count). The van der Waals surface area contributed by atoms with Gasteiger partial charge in [0, 0.05) is 28.5 Å². The second-order valence-corrected chi connectivity index (χ2v) is 6.45. The standard InChI is InChI=1S/C21H20N3O6/c1-3-30-19-11-7-4-8-14(19)22-21(27)18(26)12-17(25)20-13(2)23(28)15-9-5-6-10-16(15)24(20)29/h4-11H,3,12H2,1-2H3,(H2-,22,25,26,27,28,29)/q+1/p+1. The summed E-state index contributed by atoms with van der Waals surface area (Å²) in [6.07, 6.45) is -0.789. The SMILES string of the molecule is CCOc1ccccc1NC(=O)C(=O)CC(=O)c1c(C)[n+](O)c2ccccc2[n+]1O. The van der Waals surface area contributed by atoms with E-state index >= 15 is 0 Å². The molecular weight excluding hydrogens is 390 g/mol. The van der Waals surface area contributed by atoms with Gasteiger partial charge in [0.25, 0.3) is 5.91 Å². The van der Waals surface area contributed by atoms with Crippen LogP contribution in [0.3, 0.4) is 0 Å². The van der Waals surface area contributed by atoms with Gasteiger partial charge >= 0.3 is 22.4 Å². The van der Waals surface area contributed by atoms with Crippen LogP contribution in [0.15, 0.2) is 48.5 Å². The van der Waals surface area contributed by atoms with E-state index < -0.39 is 23.9 Å². The van der Waals surface area contributed by atoms with Gasteiger partial charge in [0.1, 0.15) is 5.75 Å². The van der Waals surface area contributed by atoms with E-state index in [9.17, 15) is 24.8 Å². The van der Waals surface area contributed by atoms with Crippen LogP contribution in [0.1, 0.15) is 29.5 Å². The van der Waals surface area contributed by atoms with Gasteiger partial charge in [-0.05, 0) is 19.1 Å². The molecule has 0 aliphatic carbocycles. The van der Waals surface area contributed by atoms with E-state index in [1.54, 1.807) is 49.4 Å². The highest BCUT2D eigenvalue weighted by molar-refractivity contribution is 6.44. The van der Waals surface area contributed by atoms with Gasteiger partial charge < -0.3 is 10.1 Å². The molecule has 0 aliphatic heterocycles. The zero-order valence-electron chi connectivity index (χ0n) is 16.5. The largest absolute Gasteiger partial charge is 0.492 e. The summed E-state index contributed by atoms with van der Waals surface area (Å²) in [5.41, 5.74) is 0.461. The molecule has 1 heterocycles. The van der Waals surface area contributed by atoms with E-state index in [1.165, 1.54) is 13.0 Å². The molecule has 0 spiro atoms. The maximum Gasteiger partial charge on any atom is 0.371 e. The summed E-state index contributed by atoms with van der Waals surface area (Å²) in [4.78, 5) is 37.3. The molecule has 30 heavy (non-hydrogen) atoms. The van der Waals surface area contributed by atoms with E-state index in [1.807, 2.05) is 0 Å². The van der Waals surface area contributed by atoms with E-state index in [2.05, 4.69) is 5.32 Å². The van der Waals surface area contributed by atoms with E-state index in [4.69, 9.17) is 4.74 Å². The summed E-state index contributed by atoms with van der Waals surface area (Å²) in [6.45, 7) is 3.57. The maximum atomic E-state index is 12.7. The fourth-order valence-corrected chi connectivity index (χ4v) is 3.05. The average Bonchev–Trinajstić information content (AvgIpc) is 2.73. The van der Waals surface area contributed by atoms with Crippen LogP contribution >= 0.6 is 0 Å². The molecule has 0 bridgehead atoms. The van der Waals surface area contributed by atoms with Gasteiger partial charge in [-0.25, -0.2) is 0 Å². The Bertz CT molecular complexity index is 1160. The summed E-state index contributed by atoms with van der Waals surface area (Å²) in [7, 11) is 0. The number of rotatable bonds is 7. The van der Waals surface area contributed by atoms with Crippen LogP contribution in [0.5, 0.6) is 5.75 Å². The van der Waals surface area contributed by atoms with Crippen molar-refractivity contribution in [3.8, 4) is 5.75 Å². The van der Waals surface area contributed by atoms with Crippen LogP contribution in [-0.2, 0) is 9.59 Å². The quantitative estimate of drug-likeness (QED) is 0.178. The highest BCUT2D eigenvalue weighted by atomic mass is 16.5. The number of Topliss-reactive ketones (excluding diaryl/α,β-unsaturated/α-hetero) is 2. The first-order valence-electron chi connectivity index (χ1n) is 9.22. The van der Waals surface area contributed by atoms with Crippen LogP contribution < -0.4 is 19.5 Å². The van der Waals surface area contributed by atoms with Crippen LogP contribution in [-0.4, -0.2) is 34.5 Å². The second kappa shape index (κ2) is 8.56. The Hall–Kier alpha value is -4.01. The third-order valence-corrected chi connectivity index (χ3v) is 4.48. The highest BCUT2D eigenvalue weighted by Gasteiger charge is 2.38. The molecule has 1 amide bonds. The minimum absolute atomic E-state index is 0.0242. The normalized spacial score (nSPS) is 10.6. The zero-order chi connectivity index (χ0) is 21.8. The van der Waals surface area contributed by atoms with Gasteiger partial charge in [0.15, 0.2) is 0 Å². The van der Waals surface area contributed by atoms with E-state index in [0.29, 0.717) is 22.8 Å². The summed E-state index contributed by atoms with van der Waals surface area (Å²) >= 11 is 0. The van der Waals surface area contributed by atoms with Crippen molar-refractivity contribution in [2.75, 3.05) is 11.9 Å². The number of amides is 1. The summed E-state index contributed by atoms with van der Waals surface area (Å²) in [5, 5.41) is 23.2. The van der Waals surface area contributed by atoms with Crippen molar-refractivity contribution in [2.24, 2.45) is 0 Å². The number of aromatic nitrogens is 2. The molecule has 9 nitrogen and oxygen atoms in total. The number of ether oxygens (including phenoxy) is 1. The number of hydrogen-bond donors (Lipinski definition) is 3. The molecule has 1 aromatic heterocycles. The molecule has 0 aliphatic rings. The van der Waals surface area contributed by atoms with Crippen LogP contribution in [0, 0.1) is 6.92 Å². The van der Waals surface area contributed by atoms with Crippen molar-refractivity contribution in [2.45, 2.75) is 20.3 Å². The maximum absolute atomic E-state index is 12.7. The molecular formula is C21H21N3O6+2. The Labute approximate surface area is 171 Å². The number of hydrogen-bond acceptors (Lipinski definition) is 6. The van der Waals surface area contributed by atoms with Crippen LogP contribution in [0.25, 0.3) is 11.0 Å². The third kappa shape index (κ3) is 3.90. The number of para-hydroxylation sites is 4. The summed E-state index contributed by atoms with van der Waals surface area (Å²) < 4.78 is 6.75. The molecule has 0 saturated carbocycles. The summed E-state index contributed by atoms with van der Waals surface area (Å²) in [6, 6.07) is 12.9. The van der Waals surface area contributed by atoms with Gasteiger partial charge in [-0.1, -0.05) is 24.3 Å². The smallest absolute Gasteiger partial charge is 0.371 e. The van der Waals surface area contributed by atoms with Crippen molar-refractivity contribution < 1.29 is 39.0 Å². The van der Waals surface area contributed by atoms with Gasteiger partial charge in [0.2, 0.25) is 11.6 Å². The molecule has 154 valence electrons. The lowest BCUT2D eigenvalue weighted by Gasteiger charge is -2.10. The lowest BCUT2D eigenvalue weighted by Crippen LogP contribution is -2.49. The van der Waals surface area contributed by atoms with Crippen LogP contribution in [0.2, 0.25) is 0 Å². The van der Waals surface area contributed by atoms with Crippen molar-refractivity contribution in [1.29, 1.82) is 0 Å². The molecule has 3 N–H and O–H groups in total. The molecule has 2 aromatic carbocycles. The second-order valence-electron chi connectivity index (χ2n) is 6.45. The minimum Gasteiger partial charge on any atom is -0.492 e. The Balaban J connectivity index is 1.83. The monoisotopic (exact) mass is 411 g/mol. The van der Waals surface area contributed by atoms with Crippen molar-refractivity contribution in [1.82, 2.24) is 0 Å². The van der Waals surface area contributed by atoms with Crippen LogP contribution in [0.4, 0.5) is 5.69 Å². The molecule has 0 saturated heterocycles. The lowest BCUT2D eigenvalue weighted by atomic mass is 10.1. The first kappa shape index (κ1) is 20.7. The third-order valence-electron chi connectivity index (χ3n) is 4.48. The fraction of sp³-hybridized carbons (Fsp3) is 0.190. The number of nitrogens with one attached hydrogen (secondary N) is 1. The summed E-state index contributed by atoms with van der Waals surface area (Å²) in [5.74, 6) is -2.41. The number of ketones is 2. The molecule has 0 unspecified atom stereocenters. The zero-order valence-corrected chi connectivity index (χ0v) is 16.5. The predicted molar refractivity (Wildman–Crippen MR) is 104 cm³/mol. The van der Waals surface area contributed by atoms with Gasteiger partial charge in [0.05, 0.1) is 18.7 Å². The Morgan fingerprint density at radius 3 is 2.23 bits per heavy atom. The fourth-order valence-electron chi connectivity index (χ4n) is 3.05. The van der Waals surface area contributed by atoms with Gasteiger partial charge in [-0.2, -0.15) is 0 Å². The van der Waals surface area contributed by atoms with E-state index in [-0.39, 0.29) is 22.4 Å². The number of fused-ring (bicyclic) bond motifs is 1. The van der Waals surface area contributed by atoms with Gasteiger partial charge in [-0.15, -0.1) is 0 Å². The molecule has 0 fully saturated rings. The van der Waals surface area contributed by atoms with Crippen molar-refractivity contribution >= 4 is 34.2 Å². The average molecular weight is 411 g/mol. The topological polar surface area (TPSA) is 121 Å². The first-order valence-corrected chi connectivity index (χ1v) is 9.22. The van der Waals surface area contributed by atoms with E-state index in [0.717, 1.165) is 4.73 Å². The Kier molecular flexibility index (Phi) is 5.91. The molecule has 0 atom stereocenters. The first-order chi connectivity index (χ1) is 14.3. The lowest BCUT2D eigenvalue weighted by molar-refractivity contribution is -0.924. The molecule has 0 radical (unpaired) electrons. The number of carbonyl (C=O) groups is 3. The number of anilines is 1.